The molecule has 0 aliphatic carbocycles. The fourth-order valence-electron chi connectivity index (χ4n) is 3.60. The molecule has 5 aromatic rings. The molecule has 2 aromatic heterocycles. The van der Waals surface area contributed by atoms with E-state index in [0.717, 1.165) is 34.5 Å². The first-order valence-corrected chi connectivity index (χ1v) is 11.3. The molecule has 0 radical (unpaired) electrons. The maximum absolute atomic E-state index is 12.9. The Labute approximate surface area is 189 Å². The molecule has 0 aliphatic heterocycles. The van der Waals surface area contributed by atoms with Gasteiger partial charge in [-0.2, -0.15) is 0 Å². The lowest BCUT2D eigenvalue weighted by atomic mass is 10.2. The van der Waals surface area contributed by atoms with E-state index < -0.39 is 0 Å². The second-order valence-corrected chi connectivity index (χ2v) is 8.58. The summed E-state index contributed by atoms with van der Waals surface area (Å²) in [4.78, 5) is 18.2. The number of rotatable bonds is 7. The van der Waals surface area contributed by atoms with Gasteiger partial charge in [-0.05, 0) is 60.5 Å². The Morgan fingerprint density at radius 1 is 0.938 bits per heavy atom. The van der Waals surface area contributed by atoms with Crippen molar-refractivity contribution in [2.45, 2.75) is 13.3 Å². The fourth-order valence-corrected chi connectivity index (χ4v) is 4.59. The van der Waals surface area contributed by atoms with Crippen LogP contribution in [0.4, 0.5) is 0 Å². The molecule has 0 saturated heterocycles. The molecule has 0 unspecified atom stereocenters. The molecule has 160 valence electrons. The molecule has 0 bridgehead atoms. The molecule has 2 heterocycles. The van der Waals surface area contributed by atoms with Gasteiger partial charge in [0.1, 0.15) is 11.5 Å². The second kappa shape index (κ2) is 8.85. The largest absolute Gasteiger partial charge is 0.493 e. The molecular weight excluding hydrogens is 420 g/mol. The van der Waals surface area contributed by atoms with Gasteiger partial charge in [-0.3, -0.25) is 4.79 Å². The number of hydrogen-bond donors (Lipinski definition) is 0. The van der Waals surface area contributed by atoms with Crippen LogP contribution in [0.15, 0.2) is 77.6 Å². The van der Waals surface area contributed by atoms with E-state index in [0.29, 0.717) is 22.7 Å². The van der Waals surface area contributed by atoms with Crippen LogP contribution in [-0.4, -0.2) is 22.6 Å². The minimum absolute atomic E-state index is 0.0432. The molecule has 0 N–H and O–H groups in total. The molecule has 5 rings (SSSR count). The van der Waals surface area contributed by atoms with E-state index in [1.165, 1.54) is 16.9 Å². The molecule has 0 atom stereocenters. The van der Waals surface area contributed by atoms with Crippen LogP contribution in [0.5, 0.6) is 11.5 Å². The zero-order valence-electron chi connectivity index (χ0n) is 17.7. The van der Waals surface area contributed by atoms with Crippen LogP contribution in [0.3, 0.4) is 0 Å². The summed E-state index contributed by atoms with van der Waals surface area (Å²) >= 11 is 1.40. The predicted octanol–water partition coefficient (Wildman–Crippen LogP) is 4.61. The Kier molecular flexibility index (Phi) is 5.60. The summed E-state index contributed by atoms with van der Waals surface area (Å²) in [5.74, 6) is 1.65. The van der Waals surface area contributed by atoms with Crippen LogP contribution >= 0.6 is 11.3 Å². The maximum atomic E-state index is 12.9. The van der Waals surface area contributed by atoms with Gasteiger partial charge in [0.2, 0.25) is 0 Å². The number of thiazole rings is 1. The summed E-state index contributed by atoms with van der Waals surface area (Å²) in [6.45, 7) is 3.20. The molecule has 3 aromatic carbocycles. The van der Waals surface area contributed by atoms with E-state index in [2.05, 4.69) is 4.98 Å². The standard InChI is InChI=1S/C26H22N2O3S/c1-18-7-4-9-20(15-18)30-13-6-14-31-21-10-5-8-19(16-21)17-24-25(29)28-23-12-3-2-11-22(23)27-26(28)32-24/h2-5,7-12,15-17H,6,13-14H2,1H3/b24-17-. The molecule has 0 amide bonds. The molecular formula is C26H22N2O3S. The highest BCUT2D eigenvalue weighted by molar-refractivity contribution is 7.15. The van der Waals surface area contributed by atoms with Crippen LogP contribution in [0.1, 0.15) is 17.5 Å². The number of para-hydroxylation sites is 2. The number of nitrogens with zero attached hydrogens (tertiary/aromatic N) is 2. The highest BCUT2D eigenvalue weighted by atomic mass is 32.1. The summed E-state index contributed by atoms with van der Waals surface area (Å²) in [5, 5.41) is 0. The molecule has 0 aliphatic rings. The smallest absolute Gasteiger partial charge is 0.274 e. The van der Waals surface area contributed by atoms with Crippen molar-refractivity contribution in [3.63, 3.8) is 0 Å². The third-order valence-corrected chi connectivity index (χ3v) is 6.09. The Bertz CT molecular complexity index is 1500. The zero-order chi connectivity index (χ0) is 21.9. The van der Waals surface area contributed by atoms with Crippen molar-refractivity contribution >= 4 is 33.4 Å². The van der Waals surface area contributed by atoms with E-state index in [9.17, 15) is 4.79 Å². The Morgan fingerprint density at radius 2 is 1.69 bits per heavy atom. The lowest BCUT2D eigenvalue weighted by Gasteiger charge is -2.09. The average molecular weight is 443 g/mol. The summed E-state index contributed by atoms with van der Waals surface area (Å²) in [6.07, 6.45) is 2.67. The number of ether oxygens (including phenoxy) is 2. The third-order valence-electron chi connectivity index (χ3n) is 5.12. The van der Waals surface area contributed by atoms with Gasteiger partial charge in [0.05, 0.1) is 28.8 Å². The maximum Gasteiger partial charge on any atom is 0.274 e. The highest BCUT2D eigenvalue weighted by Gasteiger charge is 2.10. The van der Waals surface area contributed by atoms with E-state index in [4.69, 9.17) is 9.47 Å². The monoisotopic (exact) mass is 442 g/mol. The fraction of sp³-hybridized carbons (Fsp3) is 0.154. The Balaban J connectivity index is 1.26. The first-order valence-electron chi connectivity index (χ1n) is 10.5. The van der Waals surface area contributed by atoms with Crippen molar-refractivity contribution in [1.29, 1.82) is 0 Å². The number of fused-ring (bicyclic) bond motifs is 3. The van der Waals surface area contributed by atoms with Gasteiger partial charge in [-0.25, -0.2) is 9.38 Å². The van der Waals surface area contributed by atoms with Crippen LogP contribution in [-0.2, 0) is 0 Å². The normalized spacial score (nSPS) is 12.0. The SMILES string of the molecule is Cc1cccc(OCCCOc2cccc(/C=c3\sc4nc5ccccc5n4c3=O)c2)c1. The molecule has 0 spiro atoms. The van der Waals surface area contributed by atoms with Gasteiger partial charge in [0.25, 0.3) is 5.56 Å². The van der Waals surface area contributed by atoms with Gasteiger partial charge < -0.3 is 9.47 Å². The van der Waals surface area contributed by atoms with E-state index >= 15 is 0 Å². The summed E-state index contributed by atoms with van der Waals surface area (Å²) in [7, 11) is 0. The minimum Gasteiger partial charge on any atom is -0.493 e. The van der Waals surface area contributed by atoms with Crippen molar-refractivity contribution in [1.82, 2.24) is 9.38 Å². The number of aryl methyl sites for hydroxylation is 1. The predicted molar refractivity (Wildman–Crippen MR) is 129 cm³/mol. The molecule has 5 nitrogen and oxygen atoms in total. The third kappa shape index (κ3) is 4.22. The molecule has 6 heteroatoms. The van der Waals surface area contributed by atoms with Crippen molar-refractivity contribution in [2.75, 3.05) is 13.2 Å². The molecule has 0 fully saturated rings. The Hall–Kier alpha value is -3.64. The second-order valence-electron chi connectivity index (χ2n) is 7.57. The van der Waals surface area contributed by atoms with Gasteiger partial charge >= 0.3 is 0 Å². The number of hydrogen-bond acceptors (Lipinski definition) is 5. The first-order chi connectivity index (χ1) is 15.7. The van der Waals surface area contributed by atoms with Crippen LogP contribution < -0.4 is 19.6 Å². The molecule has 0 saturated carbocycles. The van der Waals surface area contributed by atoms with E-state index in [-0.39, 0.29) is 5.56 Å². The van der Waals surface area contributed by atoms with E-state index in [1.54, 1.807) is 4.40 Å². The topological polar surface area (TPSA) is 52.8 Å². The first kappa shape index (κ1) is 20.3. The van der Waals surface area contributed by atoms with Crippen LogP contribution in [0.2, 0.25) is 0 Å². The Morgan fingerprint density at radius 3 is 2.50 bits per heavy atom. The summed E-state index contributed by atoms with van der Waals surface area (Å²) in [6, 6.07) is 23.5. The number of aromatic nitrogens is 2. The van der Waals surface area contributed by atoms with Gasteiger partial charge in [0, 0.05) is 6.42 Å². The lowest BCUT2D eigenvalue weighted by molar-refractivity contribution is 0.247. The van der Waals surface area contributed by atoms with Crippen molar-refractivity contribution < 1.29 is 9.47 Å². The van der Waals surface area contributed by atoms with Crippen LogP contribution in [0, 0.1) is 6.92 Å². The quantitative estimate of drug-likeness (QED) is 0.345. The van der Waals surface area contributed by atoms with Crippen molar-refractivity contribution in [2.24, 2.45) is 0 Å². The average Bonchev–Trinajstić information content (AvgIpc) is 3.30. The van der Waals surface area contributed by atoms with Crippen LogP contribution in [0.25, 0.3) is 22.1 Å². The van der Waals surface area contributed by atoms with Crippen molar-refractivity contribution in [3.05, 3.63) is 98.8 Å². The lowest BCUT2D eigenvalue weighted by Crippen LogP contribution is -2.22. The summed E-state index contributed by atoms with van der Waals surface area (Å²) < 4.78 is 14.0. The van der Waals surface area contributed by atoms with Gasteiger partial charge in [-0.1, -0.05) is 47.7 Å². The zero-order valence-corrected chi connectivity index (χ0v) is 18.5. The van der Waals surface area contributed by atoms with Crippen molar-refractivity contribution in [3.8, 4) is 11.5 Å². The number of imidazole rings is 1. The van der Waals surface area contributed by atoms with E-state index in [1.807, 2.05) is 85.8 Å². The van der Waals surface area contributed by atoms with Gasteiger partial charge in [-0.15, -0.1) is 0 Å². The molecule has 32 heavy (non-hydrogen) atoms. The van der Waals surface area contributed by atoms with Gasteiger partial charge in [0.15, 0.2) is 4.96 Å². The highest BCUT2D eigenvalue weighted by Crippen LogP contribution is 2.17. The summed E-state index contributed by atoms with van der Waals surface area (Å²) in [5.41, 5.74) is 3.74. The number of benzene rings is 3. The minimum atomic E-state index is -0.0432.